The van der Waals surface area contributed by atoms with Crippen LogP contribution in [-0.4, -0.2) is 24.5 Å². The topological polar surface area (TPSA) is 27.0 Å². The van der Waals surface area contributed by atoms with Gasteiger partial charge in [0.15, 0.2) is 0 Å². The van der Waals surface area contributed by atoms with Gasteiger partial charge < -0.3 is 4.90 Å². The Labute approximate surface area is 79.8 Å². The van der Waals surface area contributed by atoms with Crippen LogP contribution in [0, 0.1) is 23.2 Å². The van der Waals surface area contributed by atoms with Crippen LogP contribution >= 0.6 is 0 Å². The molecule has 1 aliphatic carbocycles. The molecular formula is C11H16N2. The van der Waals surface area contributed by atoms with Crippen molar-refractivity contribution in [3.05, 3.63) is 11.6 Å². The summed E-state index contributed by atoms with van der Waals surface area (Å²) >= 11 is 0. The average molecular weight is 176 g/mol. The Morgan fingerprint density at radius 2 is 2.46 bits per heavy atom. The molecule has 0 aromatic rings. The first-order chi connectivity index (χ1) is 6.33. The molecule has 13 heavy (non-hydrogen) atoms. The molecule has 0 saturated carbocycles. The van der Waals surface area contributed by atoms with Crippen LogP contribution in [0.2, 0.25) is 0 Å². The molecule has 0 aromatic heterocycles. The molecule has 2 nitrogen and oxygen atoms in total. The second-order valence-corrected chi connectivity index (χ2v) is 4.14. The maximum Gasteiger partial charge on any atom is 0.0666 e. The molecule has 70 valence electrons. The van der Waals surface area contributed by atoms with E-state index in [2.05, 4.69) is 24.0 Å². The van der Waals surface area contributed by atoms with Gasteiger partial charge in [0.1, 0.15) is 0 Å². The van der Waals surface area contributed by atoms with E-state index in [1.165, 1.54) is 31.6 Å². The Morgan fingerprint density at radius 3 is 3.08 bits per heavy atom. The number of allylic oxidation sites excluding steroid dienone is 1. The third-order valence-corrected chi connectivity index (χ3v) is 3.29. The Hall–Kier alpha value is -0.810. The van der Waals surface area contributed by atoms with Gasteiger partial charge >= 0.3 is 0 Å². The summed E-state index contributed by atoms with van der Waals surface area (Å²) < 4.78 is 0. The van der Waals surface area contributed by atoms with Crippen molar-refractivity contribution in [2.24, 2.45) is 11.8 Å². The molecule has 1 aliphatic heterocycles. The maximum absolute atomic E-state index is 8.59. The lowest BCUT2D eigenvalue weighted by atomic mass is 9.99. The Bertz CT molecular complexity index is 262. The molecule has 1 saturated heterocycles. The molecule has 0 bridgehead atoms. The van der Waals surface area contributed by atoms with Crippen LogP contribution in [0.1, 0.15) is 19.8 Å². The van der Waals surface area contributed by atoms with Crippen molar-refractivity contribution < 1.29 is 0 Å². The molecule has 2 rings (SSSR count). The fourth-order valence-electron chi connectivity index (χ4n) is 2.59. The highest BCUT2D eigenvalue weighted by Gasteiger charge is 2.34. The minimum absolute atomic E-state index is 0.652. The van der Waals surface area contributed by atoms with E-state index in [1.807, 2.05) is 0 Å². The van der Waals surface area contributed by atoms with E-state index in [4.69, 9.17) is 5.26 Å². The van der Waals surface area contributed by atoms with Gasteiger partial charge in [-0.25, -0.2) is 0 Å². The zero-order valence-corrected chi connectivity index (χ0v) is 8.16. The van der Waals surface area contributed by atoms with Gasteiger partial charge in [-0.15, -0.1) is 0 Å². The van der Waals surface area contributed by atoms with Crippen LogP contribution < -0.4 is 0 Å². The summed E-state index contributed by atoms with van der Waals surface area (Å²) in [6.07, 6.45) is 4.18. The molecule has 2 atom stereocenters. The van der Waals surface area contributed by atoms with Gasteiger partial charge in [0, 0.05) is 13.1 Å². The van der Waals surface area contributed by atoms with Gasteiger partial charge in [-0.2, -0.15) is 5.26 Å². The van der Waals surface area contributed by atoms with Crippen LogP contribution in [0.4, 0.5) is 0 Å². The van der Waals surface area contributed by atoms with Crippen LogP contribution in [0.15, 0.2) is 11.6 Å². The third-order valence-electron chi connectivity index (χ3n) is 3.29. The van der Waals surface area contributed by atoms with Gasteiger partial charge in [-0.3, -0.25) is 0 Å². The van der Waals surface area contributed by atoms with E-state index in [9.17, 15) is 0 Å². The summed E-state index contributed by atoms with van der Waals surface area (Å²) in [5.74, 6) is 1.58. The van der Waals surface area contributed by atoms with Gasteiger partial charge in [-0.1, -0.05) is 18.6 Å². The number of hydrogen-bond acceptors (Lipinski definition) is 2. The summed E-state index contributed by atoms with van der Waals surface area (Å²) in [5, 5.41) is 8.59. The van der Waals surface area contributed by atoms with E-state index in [0.29, 0.717) is 6.42 Å². The van der Waals surface area contributed by atoms with Crippen LogP contribution in [0.25, 0.3) is 0 Å². The highest BCUT2D eigenvalue weighted by atomic mass is 15.1. The van der Waals surface area contributed by atoms with Crippen molar-refractivity contribution in [2.45, 2.75) is 19.8 Å². The van der Waals surface area contributed by atoms with E-state index < -0.39 is 0 Å². The molecule has 2 aliphatic rings. The number of likely N-dealkylation sites (tertiary alicyclic amines) is 1. The lowest BCUT2D eigenvalue weighted by molar-refractivity contribution is 0.339. The standard InChI is InChI=1S/C11H16N2/c1-2-13-7-10-5-9(3-4-12)6-11(10)8-13/h5,10-11H,2-3,6-8H2,1H3. The average Bonchev–Trinajstić information content (AvgIpc) is 2.61. The van der Waals surface area contributed by atoms with Crippen molar-refractivity contribution in [2.75, 3.05) is 19.6 Å². The molecule has 0 radical (unpaired) electrons. The fourth-order valence-corrected chi connectivity index (χ4v) is 2.59. The van der Waals surface area contributed by atoms with Crippen molar-refractivity contribution in [3.8, 4) is 6.07 Å². The summed E-state index contributed by atoms with van der Waals surface area (Å²) in [5.41, 5.74) is 1.38. The molecule has 1 fully saturated rings. The second kappa shape index (κ2) is 3.51. The molecule has 0 spiro atoms. The van der Waals surface area contributed by atoms with Gasteiger partial charge in [0.25, 0.3) is 0 Å². The van der Waals surface area contributed by atoms with Crippen LogP contribution in [0.5, 0.6) is 0 Å². The minimum atomic E-state index is 0.652. The predicted molar refractivity (Wildman–Crippen MR) is 52.0 cm³/mol. The molecule has 2 unspecified atom stereocenters. The SMILES string of the molecule is CCN1CC2C=C(CC#N)CC2C1. The first-order valence-corrected chi connectivity index (χ1v) is 5.12. The lowest BCUT2D eigenvalue weighted by Crippen LogP contribution is -2.20. The van der Waals surface area contributed by atoms with Crippen molar-refractivity contribution >= 4 is 0 Å². The fraction of sp³-hybridized carbons (Fsp3) is 0.727. The molecule has 2 heteroatoms. The first-order valence-electron chi connectivity index (χ1n) is 5.12. The summed E-state index contributed by atoms with van der Waals surface area (Å²) in [4.78, 5) is 2.51. The van der Waals surface area contributed by atoms with E-state index in [0.717, 1.165) is 11.8 Å². The Morgan fingerprint density at radius 1 is 1.62 bits per heavy atom. The quantitative estimate of drug-likeness (QED) is 0.600. The molecule has 0 N–H and O–H groups in total. The second-order valence-electron chi connectivity index (χ2n) is 4.14. The maximum atomic E-state index is 8.59. The zero-order valence-electron chi connectivity index (χ0n) is 8.16. The Balaban J connectivity index is 1.96. The highest BCUT2D eigenvalue weighted by Crippen LogP contribution is 2.37. The van der Waals surface area contributed by atoms with E-state index in [-0.39, 0.29) is 0 Å². The van der Waals surface area contributed by atoms with Crippen LogP contribution in [0.3, 0.4) is 0 Å². The van der Waals surface area contributed by atoms with Crippen LogP contribution in [-0.2, 0) is 0 Å². The van der Waals surface area contributed by atoms with Crippen molar-refractivity contribution in [3.63, 3.8) is 0 Å². The number of nitrogens with zero attached hydrogens (tertiary/aromatic N) is 2. The highest BCUT2D eigenvalue weighted by molar-refractivity contribution is 5.19. The smallest absolute Gasteiger partial charge is 0.0666 e. The number of nitriles is 1. The normalized spacial score (nSPS) is 32.8. The van der Waals surface area contributed by atoms with E-state index >= 15 is 0 Å². The molecule has 0 aromatic carbocycles. The van der Waals surface area contributed by atoms with Crippen molar-refractivity contribution in [1.82, 2.24) is 4.90 Å². The summed E-state index contributed by atoms with van der Waals surface area (Å²) in [6, 6.07) is 2.24. The Kier molecular flexibility index (Phi) is 2.37. The first kappa shape index (κ1) is 8.77. The summed E-state index contributed by atoms with van der Waals surface area (Å²) in [6.45, 7) is 5.86. The largest absolute Gasteiger partial charge is 0.303 e. The van der Waals surface area contributed by atoms with Gasteiger partial charge in [-0.05, 0) is 24.8 Å². The predicted octanol–water partition coefficient (Wildman–Crippen LogP) is 1.80. The molecule has 1 heterocycles. The molecular weight excluding hydrogens is 160 g/mol. The summed E-state index contributed by atoms with van der Waals surface area (Å²) in [7, 11) is 0. The number of rotatable bonds is 2. The number of fused-ring (bicyclic) bond motifs is 1. The third kappa shape index (κ3) is 1.62. The van der Waals surface area contributed by atoms with E-state index in [1.54, 1.807) is 0 Å². The lowest BCUT2D eigenvalue weighted by Gasteiger charge is -2.12. The van der Waals surface area contributed by atoms with Gasteiger partial charge in [0.05, 0.1) is 12.5 Å². The van der Waals surface area contributed by atoms with Gasteiger partial charge in [0.2, 0.25) is 0 Å². The number of hydrogen-bond donors (Lipinski definition) is 0. The monoisotopic (exact) mass is 176 g/mol. The minimum Gasteiger partial charge on any atom is -0.303 e. The van der Waals surface area contributed by atoms with Crippen molar-refractivity contribution in [1.29, 1.82) is 5.26 Å². The molecule has 0 amide bonds. The zero-order chi connectivity index (χ0) is 9.26.